The summed E-state index contributed by atoms with van der Waals surface area (Å²) < 4.78 is 10.6. The van der Waals surface area contributed by atoms with Gasteiger partial charge < -0.3 is 14.2 Å². The fraction of sp³-hybridized carbons (Fsp3) is 0.471. The molecule has 23 heavy (non-hydrogen) atoms. The van der Waals surface area contributed by atoms with E-state index in [0.717, 1.165) is 5.56 Å². The molecule has 6 heteroatoms. The van der Waals surface area contributed by atoms with E-state index in [0.29, 0.717) is 50.7 Å². The number of hydrogen-bond acceptors (Lipinski definition) is 5. The van der Waals surface area contributed by atoms with Crippen LogP contribution < -0.4 is 0 Å². The zero-order valence-corrected chi connectivity index (χ0v) is 13.3. The molecule has 1 aromatic carbocycles. The van der Waals surface area contributed by atoms with E-state index in [4.69, 9.17) is 9.26 Å². The van der Waals surface area contributed by atoms with Crippen LogP contribution in [0.15, 0.2) is 34.9 Å². The molecule has 0 saturated carbocycles. The Morgan fingerprint density at radius 1 is 1.35 bits per heavy atom. The second-order valence-electron chi connectivity index (χ2n) is 5.74. The molecule has 0 spiro atoms. The van der Waals surface area contributed by atoms with Gasteiger partial charge in [-0.05, 0) is 13.3 Å². The van der Waals surface area contributed by atoms with Crippen LogP contribution in [-0.2, 0) is 16.0 Å². The third kappa shape index (κ3) is 3.96. The Morgan fingerprint density at radius 3 is 2.96 bits per heavy atom. The smallest absolute Gasteiger partial charge is 0.226 e. The first-order chi connectivity index (χ1) is 11.2. The number of amides is 1. The first kappa shape index (κ1) is 15.7. The van der Waals surface area contributed by atoms with E-state index in [1.54, 1.807) is 0 Å². The summed E-state index contributed by atoms with van der Waals surface area (Å²) in [5.74, 6) is 1.34. The van der Waals surface area contributed by atoms with Gasteiger partial charge in [0.05, 0.1) is 19.3 Å². The van der Waals surface area contributed by atoms with Crippen LogP contribution in [0.2, 0.25) is 0 Å². The number of aromatic nitrogens is 2. The highest BCUT2D eigenvalue weighted by Crippen LogP contribution is 2.16. The van der Waals surface area contributed by atoms with Gasteiger partial charge in [-0.3, -0.25) is 4.79 Å². The van der Waals surface area contributed by atoms with Gasteiger partial charge in [0, 0.05) is 24.9 Å². The fourth-order valence-corrected chi connectivity index (χ4v) is 2.69. The predicted molar refractivity (Wildman–Crippen MR) is 84.7 cm³/mol. The lowest BCUT2D eigenvalue weighted by molar-refractivity contribution is -0.139. The summed E-state index contributed by atoms with van der Waals surface area (Å²) in [5, 5.41) is 3.99. The molecule has 1 fully saturated rings. The van der Waals surface area contributed by atoms with Crippen LogP contribution in [-0.4, -0.2) is 46.7 Å². The topological polar surface area (TPSA) is 68.5 Å². The van der Waals surface area contributed by atoms with E-state index in [1.807, 2.05) is 42.2 Å². The van der Waals surface area contributed by atoms with Gasteiger partial charge >= 0.3 is 0 Å². The number of ether oxygens (including phenoxy) is 1. The van der Waals surface area contributed by atoms with Gasteiger partial charge in [0.25, 0.3) is 0 Å². The van der Waals surface area contributed by atoms with E-state index in [9.17, 15) is 4.79 Å². The summed E-state index contributed by atoms with van der Waals surface area (Å²) >= 11 is 0. The standard InChI is InChI=1S/C17H21N3O3/c1-13-12-22-11-10-20(13)16(21)9-5-8-15-18-17(19-23-15)14-6-3-2-4-7-14/h2-4,6-7,13H,5,8-12H2,1H3. The monoisotopic (exact) mass is 315 g/mol. The number of nitrogens with zero attached hydrogens (tertiary/aromatic N) is 3. The number of carbonyl (C=O) groups is 1. The van der Waals surface area contributed by atoms with Crippen molar-refractivity contribution in [2.45, 2.75) is 32.2 Å². The van der Waals surface area contributed by atoms with Crippen molar-refractivity contribution in [2.24, 2.45) is 0 Å². The SMILES string of the molecule is CC1COCCN1C(=O)CCCc1nc(-c2ccccc2)no1. The molecule has 3 rings (SSSR count). The van der Waals surface area contributed by atoms with Crippen molar-refractivity contribution in [1.82, 2.24) is 15.0 Å². The molecule has 1 atom stereocenters. The molecule has 1 aliphatic heterocycles. The van der Waals surface area contributed by atoms with E-state index in [1.165, 1.54) is 0 Å². The molecule has 1 aromatic heterocycles. The van der Waals surface area contributed by atoms with Gasteiger partial charge in [0.1, 0.15) is 0 Å². The lowest BCUT2D eigenvalue weighted by Crippen LogP contribution is -2.47. The summed E-state index contributed by atoms with van der Waals surface area (Å²) in [6.07, 6.45) is 1.82. The number of morpholine rings is 1. The first-order valence-electron chi connectivity index (χ1n) is 7.99. The van der Waals surface area contributed by atoms with Crippen molar-refractivity contribution >= 4 is 5.91 Å². The largest absolute Gasteiger partial charge is 0.377 e. The Labute approximate surface area is 135 Å². The van der Waals surface area contributed by atoms with Crippen molar-refractivity contribution in [1.29, 1.82) is 0 Å². The number of aryl methyl sites for hydroxylation is 1. The van der Waals surface area contributed by atoms with Crippen molar-refractivity contribution in [2.75, 3.05) is 19.8 Å². The third-order valence-corrected chi connectivity index (χ3v) is 3.97. The van der Waals surface area contributed by atoms with E-state index in [2.05, 4.69) is 10.1 Å². The van der Waals surface area contributed by atoms with Gasteiger partial charge in [0.2, 0.25) is 17.6 Å². The summed E-state index contributed by atoms with van der Waals surface area (Å²) in [7, 11) is 0. The average Bonchev–Trinajstić information content (AvgIpc) is 3.05. The van der Waals surface area contributed by atoms with Crippen LogP contribution in [0.25, 0.3) is 11.4 Å². The molecule has 0 radical (unpaired) electrons. The molecule has 1 aliphatic rings. The van der Waals surface area contributed by atoms with Gasteiger partial charge in [-0.1, -0.05) is 35.5 Å². The molecule has 122 valence electrons. The molecular weight excluding hydrogens is 294 g/mol. The molecule has 1 amide bonds. The Kier molecular flexibility index (Phi) is 5.02. The Bertz CT molecular complexity index is 642. The van der Waals surface area contributed by atoms with Gasteiger partial charge in [-0.25, -0.2) is 0 Å². The lowest BCUT2D eigenvalue weighted by atomic mass is 10.2. The maximum absolute atomic E-state index is 12.2. The Hall–Kier alpha value is -2.21. The van der Waals surface area contributed by atoms with Gasteiger partial charge in [-0.15, -0.1) is 0 Å². The molecule has 0 aliphatic carbocycles. The van der Waals surface area contributed by atoms with E-state index < -0.39 is 0 Å². The van der Waals surface area contributed by atoms with Crippen LogP contribution in [0, 0.1) is 0 Å². The third-order valence-electron chi connectivity index (χ3n) is 3.97. The zero-order chi connectivity index (χ0) is 16.1. The minimum atomic E-state index is 0.157. The fourth-order valence-electron chi connectivity index (χ4n) is 2.69. The summed E-state index contributed by atoms with van der Waals surface area (Å²) in [5.41, 5.74) is 0.931. The summed E-state index contributed by atoms with van der Waals surface area (Å²) in [4.78, 5) is 18.5. The quantitative estimate of drug-likeness (QED) is 0.847. The van der Waals surface area contributed by atoms with E-state index >= 15 is 0 Å². The molecular formula is C17H21N3O3. The highest BCUT2D eigenvalue weighted by molar-refractivity contribution is 5.76. The van der Waals surface area contributed by atoms with Gasteiger partial charge in [-0.2, -0.15) is 4.98 Å². The number of rotatable bonds is 5. The Morgan fingerprint density at radius 2 is 2.17 bits per heavy atom. The van der Waals surface area contributed by atoms with Crippen LogP contribution in [0.1, 0.15) is 25.7 Å². The molecule has 2 heterocycles. The molecule has 0 bridgehead atoms. The second-order valence-corrected chi connectivity index (χ2v) is 5.74. The minimum absolute atomic E-state index is 0.157. The van der Waals surface area contributed by atoms with Crippen molar-refractivity contribution in [3.05, 3.63) is 36.2 Å². The normalized spacial score (nSPS) is 18.1. The molecule has 6 nitrogen and oxygen atoms in total. The van der Waals surface area contributed by atoms with Crippen LogP contribution >= 0.6 is 0 Å². The van der Waals surface area contributed by atoms with Crippen LogP contribution in [0.4, 0.5) is 0 Å². The van der Waals surface area contributed by atoms with Crippen molar-refractivity contribution < 1.29 is 14.1 Å². The maximum atomic E-state index is 12.2. The van der Waals surface area contributed by atoms with Crippen molar-refractivity contribution in [3.63, 3.8) is 0 Å². The molecule has 1 unspecified atom stereocenters. The molecule has 2 aromatic rings. The van der Waals surface area contributed by atoms with Crippen molar-refractivity contribution in [3.8, 4) is 11.4 Å². The molecule has 0 N–H and O–H groups in total. The minimum Gasteiger partial charge on any atom is -0.377 e. The predicted octanol–water partition coefficient (Wildman–Crippen LogP) is 2.31. The second kappa shape index (κ2) is 7.37. The van der Waals surface area contributed by atoms with Crippen LogP contribution in [0.3, 0.4) is 0 Å². The van der Waals surface area contributed by atoms with Crippen LogP contribution in [0.5, 0.6) is 0 Å². The summed E-state index contributed by atoms with van der Waals surface area (Å²) in [6, 6.07) is 9.86. The average molecular weight is 315 g/mol. The number of hydrogen-bond donors (Lipinski definition) is 0. The highest BCUT2D eigenvalue weighted by Gasteiger charge is 2.23. The maximum Gasteiger partial charge on any atom is 0.226 e. The summed E-state index contributed by atoms with van der Waals surface area (Å²) in [6.45, 7) is 3.94. The lowest BCUT2D eigenvalue weighted by Gasteiger charge is -2.33. The highest BCUT2D eigenvalue weighted by atomic mass is 16.5. The molecule has 1 saturated heterocycles. The number of benzene rings is 1. The number of carbonyl (C=O) groups excluding carboxylic acids is 1. The zero-order valence-electron chi connectivity index (χ0n) is 13.3. The van der Waals surface area contributed by atoms with Gasteiger partial charge in [0.15, 0.2) is 0 Å². The Balaban J connectivity index is 1.49. The first-order valence-corrected chi connectivity index (χ1v) is 7.99. The van der Waals surface area contributed by atoms with E-state index in [-0.39, 0.29) is 11.9 Å².